The van der Waals surface area contributed by atoms with Gasteiger partial charge in [-0.2, -0.15) is 0 Å². The summed E-state index contributed by atoms with van der Waals surface area (Å²) in [4.78, 5) is 8.71. The van der Waals surface area contributed by atoms with Crippen LogP contribution in [0.3, 0.4) is 0 Å². The van der Waals surface area contributed by atoms with E-state index in [2.05, 4.69) is 42.9 Å². The third-order valence-corrected chi connectivity index (χ3v) is 5.29. The maximum Gasteiger partial charge on any atom is 0.195 e. The van der Waals surface area contributed by atoms with Crippen molar-refractivity contribution in [1.29, 1.82) is 0 Å². The van der Waals surface area contributed by atoms with Crippen LogP contribution in [0.15, 0.2) is 4.99 Å². The Balaban J connectivity index is 3.25. The highest BCUT2D eigenvalue weighted by molar-refractivity contribution is 5.79. The molecule has 0 saturated heterocycles. The van der Waals surface area contributed by atoms with Gasteiger partial charge >= 0.3 is 0 Å². The molecule has 0 fully saturated rings. The molecule has 0 heterocycles. The highest BCUT2D eigenvalue weighted by Gasteiger charge is 2.06. The number of unbranched alkanes of at least 4 members (excludes halogenated alkanes) is 15. The molecule has 0 aliphatic rings. The van der Waals surface area contributed by atoms with Crippen LogP contribution in [-0.4, -0.2) is 50.5 Å². The van der Waals surface area contributed by atoms with E-state index in [1.54, 1.807) is 0 Å². The van der Waals surface area contributed by atoms with Crippen molar-refractivity contribution in [3.63, 3.8) is 0 Å². The van der Waals surface area contributed by atoms with Gasteiger partial charge in [-0.15, -0.1) is 0 Å². The molecule has 0 rings (SSSR count). The molecule has 0 saturated carbocycles. The van der Waals surface area contributed by atoms with Crippen molar-refractivity contribution in [3.05, 3.63) is 0 Å². The first kappa shape index (κ1) is 25.3. The zero-order chi connectivity index (χ0) is 19.5. The SMILES string of the molecule is CCCCCCCCCCCCCCCCCCN(C)/C(=N\C)N(C)C. The lowest BCUT2D eigenvalue weighted by molar-refractivity contribution is 0.406. The van der Waals surface area contributed by atoms with Crippen LogP contribution in [0.2, 0.25) is 0 Å². The van der Waals surface area contributed by atoms with Gasteiger partial charge in [-0.1, -0.05) is 103 Å². The Bertz CT molecular complexity index is 313. The van der Waals surface area contributed by atoms with E-state index in [1.807, 2.05) is 7.05 Å². The fraction of sp³-hybridized carbons (Fsp3) is 0.957. The van der Waals surface area contributed by atoms with Crippen molar-refractivity contribution in [3.8, 4) is 0 Å². The summed E-state index contributed by atoms with van der Waals surface area (Å²) in [6.45, 7) is 3.41. The molecule has 0 spiro atoms. The van der Waals surface area contributed by atoms with Crippen LogP contribution in [0.5, 0.6) is 0 Å². The minimum absolute atomic E-state index is 1.07. The summed E-state index contributed by atoms with van der Waals surface area (Å²) < 4.78 is 0. The van der Waals surface area contributed by atoms with E-state index < -0.39 is 0 Å². The van der Waals surface area contributed by atoms with Gasteiger partial charge in [-0.3, -0.25) is 4.99 Å². The molecule has 0 unspecified atom stereocenters. The van der Waals surface area contributed by atoms with Gasteiger partial charge in [0, 0.05) is 34.7 Å². The largest absolute Gasteiger partial charge is 0.349 e. The summed E-state index contributed by atoms with van der Waals surface area (Å²) >= 11 is 0. The van der Waals surface area contributed by atoms with E-state index in [-0.39, 0.29) is 0 Å². The van der Waals surface area contributed by atoms with Crippen LogP contribution in [-0.2, 0) is 0 Å². The molecule has 0 aliphatic heterocycles. The van der Waals surface area contributed by atoms with Crippen molar-refractivity contribution in [2.75, 3.05) is 34.7 Å². The molecule has 0 radical (unpaired) electrons. The van der Waals surface area contributed by atoms with E-state index in [0.29, 0.717) is 0 Å². The summed E-state index contributed by atoms with van der Waals surface area (Å²) in [6.07, 6.45) is 22.8. The Morgan fingerprint density at radius 3 is 1.23 bits per heavy atom. The predicted molar refractivity (Wildman–Crippen MR) is 119 cm³/mol. The molecular weight excluding hydrogens is 318 g/mol. The number of nitrogens with zero attached hydrogens (tertiary/aromatic N) is 3. The standard InChI is InChI=1S/C23H49N3/c1-6-7-8-9-10-11-12-13-14-15-16-17-18-19-20-21-22-26(5)23(24-2)25(3)4/h6-22H2,1-5H3/b24-23-. The van der Waals surface area contributed by atoms with Crippen molar-refractivity contribution >= 4 is 5.96 Å². The second-order valence-corrected chi connectivity index (χ2v) is 8.14. The molecule has 0 aromatic rings. The van der Waals surface area contributed by atoms with Gasteiger partial charge in [-0.05, 0) is 6.42 Å². The Hall–Kier alpha value is -0.730. The van der Waals surface area contributed by atoms with Crippen LogP contribution in [0.25, 0.3) is 0 Å². The van der Waals surface area contributed by atoms with E-state index in [0.717, 1.165) is 12.5 Å². The average molecular weight is 368 g/mol. The summed E-state index contributed by atoms with van der Waals surface area (Å²) in [5, 5.41) is 0. The van der Waals surface area contributed by atoms with Crippen molar-refractivity contribution in [2.24, 2.45) is 4.99 Å². The molecule has 0 aromatic heterocycles. The lowest BCUT2D eigenvalue weighted by Gasteiger charge is -2.26. The first-order valence-corrected chi connectivity index (χ1v) is 11.5. The van der Waals surface area contributed by atoms with Crippen LogP contribution in [0.1, 0.15) is 110 Å². The molecule has 0 atom stereocenters. The number of rotatable bonds is 17. The summed E-state index contributed by atoms with van der Waals surface area (Å²) in [7, 11) is 8.14. The normalized spacial score (nSPS) is 11.8. The van der Waals surface area contributed by atoms with E-state index in [1.165, 1.54) is 103 Å². The smallest absolute Gasteiger partial charge is 0.195 e. The quantitative estimate of drug-likeness (QED) is 0.161. The molecule has 0 aromatic carbocycles. The summed E-state index contributed by atoms with van der Waals surface area (Å²) in [5.74, 6) is 1.07. The van der Waals surface area contributed by atoms with Gasteiger partial charge < -0.3 is 9.80 Å². The second-order valence-electron chi connectivity index (χ2n) is 8.14. The first-order valence-electron chi connectivity index (χ1n) is 11.5. The van der Waals surface area contributed by atoms with Crippen LogP contribution < -0.4 is 0 Å². The molecule has 3 heteroatoms. The van der Waals surface area contributed by atoms with E-state index in [9.17, 15) is 0 Å². The van der Waals surface area contributed by atoms with Crippen LogP contribution >= 0.6 is 0 Å². The number of hydrogen-bond donors (Lipinski definition) is 0. The minimum Gasteiger partial charge on any atom is -0.349 e. The topological polar surface area (TPSA) is 18.8 Å². The number of guanidine groups is 1. The van der Waals surface area contributed by atoms with Crippen molar-refractivity contribution in [2.45, 2.75) is 110 Å². The molecule has 0 bridgehead atoms. The average Bonchev–Trinajstić information content (AvgIpc) is 2.61. The predicted octanol–water partition coefficient (Wildman–Crippen LogP) is 6.73. The fourth-order valence-electron chi connectivity index (χ4n) is 3.71. The maximum absolute atomic E-state index is 4.35. The second kappa shape index (κ2) is 19.0. The van der Waals surface area contributed by atoms with Crippen LogP contribution in [0, 0.1) is 0 Å². The summed E-state index contributed by atoms with van der Waals surface area (Å²) in [5.41, 5.74) is 0. The highest BCUT2D eigenvalue weighted by atomic mass is 15.3. The zero-order valence-electron chi connectivity index (χ0n) is 18.9. The Morgan fingerprint density at radius 2 is 0.923 bits per heavy atom. The molecule has 0 aliphatic carbocycles. The third-order valence-electron chi connectivity index (χ3n) is 5.29. The van der Waals surface area contributed by atoms with Gasteiger partial charge in [0.25, 0.3) is 0 Å². The van der Waals surface area contributed by atoms with Crippen molar-refractivity contribution in [1.82, 2.24) is 9.80 Å². The number of hydrogen-bond acceptors (Lipinski definition) is 1. The lowest BCUT2D eigenvalue weighted by atomic mass is 10.0. The molecule has 156 valence electrons. The monoisotopic (exact) mass is 367 g/mol. The molecular formula is C23H49N3. The van der Waals surface area contributed by atoms with Gasteiger partial charge in [0.15, 0.2) is 5.96 Å². The Labute approximate surface area is 165 Å². The molecule has 26 heavy (non-hydrogen) atoms. The van der Waals surface area contributed by atoms with Gasteiger partial charge in [0.05, 0.1) is 0 Å². The first-order chi connectivity index (χ1) is 12.6. The fourth-order valence-corrected chi connectivity index (χ4v) is 3.71. The maximum atomic E-state index is 4.35. The molecule has 0 amide bonds. The van der Waals surface area contributed by atoms with E-state index in [4.69, 9.17) is 0 Å². The lowest BCUT2D eigenvalue weighted by Crippen LogP contribution is -2.38. The molecule has 3 nitrogen and oxygen atoms in total. The number of aliphatic imine (C=N–C) groups is 1. The Morgan fingerprint density at radius 1 is 0.577 bits per heavy atom. The van der Waals surface area contributed by atoms with E-state index >= 15 is 0 Å². The van der Waals surface area contributed by atoms with Gasteiger partial charge in [0.1, 0.15) is 0 Å². The zero-order valence-corrected chi connectivity index (χ0v) is 18.9. The van der Waals surface area contributed by atoms with Crippen molar-refractivity contribution < 1.29 is 0 Å². The molecule has 0 N–H and O–H groups in total. The highest BCUT2D eigenvalue weighted by Crippen LogP contribution is 2.13. The minimum atomic E-state index is 1.07. The van der Waals surface area contributed by atoms with Gasteiger partial charge in [0.2, 0.25) is 0 Å². The summed E-state index contributed by atoms with van der Waals surface area (Å²) in [6, 6.07) is 0. The van der Waals surface area contributed by atoms with Crippen LogP contribution in [0.4, 0.5) is 0 Å². The Kier molecular flexibility index (Phi) is 18.5. The third kappa shape index (κ3) is 15.5. The van der Waals surface area contributed by atoms with Gasteiger partial charge in [-0.25, -0.2) is 0 Å².